The summed E-state index contributed by atoms with van der Waals surface area (Å²) in [5.74, 6) is 0. The van der Waals surface area contributed by atoms with Gasteiger partial charge in [0.1, 0.15) is 0 Å². The van der Waals surface area contributed by atoms with Crippen LogP contribution < -0.4 is 5.32 Å². The fourth-order valence-corrected chi connectivity index (χ4v) is 3.24. The highest BCUT2D eigenvalue weighted by Gasteiger charge is 2.35. The lowest BCUT2D eigenvalue weighted by Crippen LogP contribution is -2.63. The number of benzene rings is 1. The molecular weight excluding hydrogens is 248 g/mol. The Morgan fingerprint density at radius 2 is 2.00 bits per heavy atom. The Bertz CT molecular complexity index is 405. The van der Waals surface area contributed by atoms with Crippen LogP contribution in [0.1, 0.15) is 26.3 Å². The number of rotatable bonds is 5. The molecule has 3 heteroatoms. The lowest BCUT2D eigenvalue weighted by molar-refractivity contribution is -0.0115. The average molecular weight is 276 g/mol. The first-order valence-electron chi connectivity index (χ1n) is 7.56. The fraction of sp³-hybridized carbons (Fsp3) is 0.647. The van der Waals surface area contributed by atoms with E-state index in [0.717, 1.165) is 26.1 Å². The molecule has 3 nitrogen and oxygen atoms in total. The maximum atomic E-state index is 5.40. The van der Waals surface area contributed by atoms with Gasteiger partial charge in [0.15, 0.2) is 0 Å². The van der Waals surface area contributed by atoms with E-state index >= 15 is 0 Å². The molecule has 1 N–H and O–H groups in total. The second-order valence-electron chi connectivity index (χ2n) is 6.54. The van der Waals surface area contributed by atoms with E-state index in [1.165, 1.54) is 5.56 Å². The number of hydrogen-bond acceptors (Lipinski definition) is 3. The zero-order valence-electron chi connectivity index (χ0n) is 13.2. The summed E-state index contributed by atoms with van der Waals surface area (Å²) in [5, 5.41) is 3.68. The highest BCUT2D eigenvalue weighted by atomic mass is 16.5. The molecule has 0 saturated carbocycles. The summed E-state index contributed by atoms with van der Waals surface area (Å²) in [6.45, 7) is 9.74. The minimum atomic E-state index is 0.0885. The zero-order valence-corrected chi connectivity index (χ0v) is 13.2. The van der Waals surface area contributed by atoms with E-state index in [0.29, 0.717) is 12.1 Å². The molecule has 0 bridgehead atoms. The van der Waals surface area contributed by atoms with Gasteiger partial charge >= 0.3 is 0 Å². The first kappa shape index (κ1) is 15.5. The molecule has 1 saturated heterocycles. The second kappa shape index (κ2) is 6.70. The lowest BCUT2D eigenvalue weighted by Gasteiger charge is -2.47. The summed E-state index contributed by atoms with van der Waals surface area (Å²) in [6.07, 6.45) is 1.09. The standard InChI is InChI=1S/C17H28N2O/c1-14-11-18-16(10-15-8-6-5-7-9-15)12-19(14)17(2,3)13-20-4/h5-9,14,16,18H,10-13H2,1-4H3. The van der Waals surface area contributed by atoms with Crippen LogP contribution in [0, 0.1) is 0 Å². The van der Waals surface area contributed by atoms with E-state index in [2.05, 4.69) is 61.3 Å². The number of nitrogens with one attached hydrogen (secondary N) is 1. The Morgan fingerprint density at radius 1 is 1.30 bits per heavy atom. The van der Waals surface area contributed by atoms with Crippen molar-refractivity contribution >= 4 is 0 Å². The van der Waals surface area contributed by atoms with E-state index in [4.69, 9.17) is 4.74 Å². The van der Waals surface area contributed by atoms with Crippen LogP contribution in [-0.2, 0) is 11.2 Å². The minimum absolute atomic E-state index is 0.0885. The molecule has 1 aromatic rings. The quantitative estimate of drug-likeness (QED) is 0.893. The topological polar surface area (TPSA) is 24.5 Å². The second-order valence-corrected chi connectivity index (χ2v) is 6.54. The van der Waals surface area contributed by atoms with Crippen LogP contribution in [0.2, 0.25) is 0 Å². The summed E-state index contributed by atoms with van der Waals surface area (Å²) >= 11 is 0. The Labute approximate surface area is 123 Å². The van der Waals surface area contributed by atoms with Gasteiger partial charge in [0.2, 0.25) is 0 Å². The molecule has 1 aliphatic rings. The highest BCUT2D eigenvalue weighted by Crippen LogP contribution is 2.22. The Hall–Kier alpha value is -0.900. The molecule has 2 unspecified atom stereocenters. The van der Waals surface area contributed by atoms with Crippen LogP contribution in [0.25, 0.3) is 0 Å². The third kappa shape index (κ3) is 3.81. The molecular formula is C17H28N2O. The first-order chi connectivity index (χ1) is 9.53. The number of methoxy groups -OCH3 is 1. The van der Waals surface area contributed by atoms with Crippen molar-refractivity contribution < 1.29 is 4.74 Å². The van der Waals surface area contributed by atoms with Gasteiger partial charge in [0.25, 0.3) is 0 Å². The van der Waals surface area contributed by atoms with Gasteiger partial charge in [-0.3, -0.25) is 4.90 Å². The van der Waals surface area contributed by atoms with Crippen molar-refractivity contribution in [1.29, 1.82) is 0 Å². The zero-order chi connectivity index (χ0) is 14.6. The molecule has 1 fully saturated rings. The summed E-state index contributed by atoms with van der Waals surface area (Å²) in [5.41, 5.74) is 1.50. The van der Waals surface area contributed by atoms with E-state index in [-0.39, 0.29) is 5.54 Å². The first-order valence-corrected chi connectivity index (χ1v) is 7.56. The summed E-state index contributed by atoms with van der Waals surface area (Å²) < 4.78 is 5.40. The van der Waals surface area contributed by atoms with Crippen molar-refractivity contribution in [2.75, 3.05) is 26.8 Å². The third-order valence-corrected chi connectivity index (χ3v) is 4.25. The van der Waals surface area contributed by atoms with Crippen LogP contribution in [0.3, 0.4) is 0 Å². The predicted molar refractivity (Wildman–Crippen MR) is 84.1 cm³/mol. The molecule has 0 amide bonds. The summed E-state index contributed by atoms with van der Waals surface area (Å²) in [6, 6.07) is 11.8. The fourth-order valence-electron chi connectivity index (χ4n) is 3.24. The van der Waals surface area contributed by atoms with Gasteiger partial charge in [-0.25, -0.2) is 0 Å². The van der Waals surface area contributed by atoms with E-state index in [1.54, 1.807) is 7.11 Å². The van der Waals surface area contributed by atoms with Gasteiger partial charge in [-0.2, -0.15) is 0 Å². The predicted octanol–water partition coefficient (Wildman–Crippen LogP) is 2.32. The maximum absolute atomic E-state index is 5.40. The third-order valence-electron chi connectivity index (χ3n) is 4.25. The van der Waals surface area contributed by atoms with Crippen molar-refractivity contribution in [3.8, 4) is 0 Å². The normalized spacial score (nSPS) is 24.8. The number of ether oxygens (including phenoxy) is 1. The molecule has 2 rings (SSSR count). The van der Waals surface area contributed by atoms with Crippen molar-refractivity contribution in [3.05, 3.63) is 35.9 Å². The molecule has 0 spiro atoms. The van der Waals surface area contributed by atoms with Crippen molar-refractivity contribution in [2.24, 2.45) is 0 Å². The van der Waals surface area contributed by atoms with Gasteiger partial charge in [0.05, 0.1) is 6.61 Å². The number of hydrogen-bond donors (Lipinski definition) is 1. The Balaban J connectivity index is 2.01. The van der Waals surface area contributed by atoms with E-state index in [9.17, 15) is 0 Å². The molecule has 112 valence electrons. The smallest absolute Gasteiger partial charge is 0.0641 e. The minimum Gasteiger partial charge on any atom is -0.383 e. The van der Waals surface area contributed by atoms with Crippen LogP contribution in [-0.4, -0.2) is 49.3 Å². The van der Waals surface area contributed by atoms with Gasteiger partial charge in [-0.1, -0.05) is 30.3 Å². The van der Waals surface area contributed by atoms with Crippen LogP contribution in [0.5, 0.6) is 0 Å². The van der Waals surface area contributed by atoms with E-state index in [1.807, 2.05) is 0 Å². The molecule has 2 atom stereocenters. The Morgan fingerprint density at radius 3 is 2.65 bits per heavy atom. The van der Waals surface area contributed by atoms with Gasteiger partial charge < -0.3 is 10.1 Å². The van der Waals surface area contributed by atoms with Gasteiger partial charge in [-0.15, -0.1) is 0 Å². The van der Waals surface area contributed by atoms with Crippen LogP contribution in [0.4, 0.5) is 0 Å². The monoisotopic (exact) mass is 276 g/mol. The Kier molecular flexibility index (Phi) is 5.19. The number of nitrogens with zero attached hydrogens (tertiary/aromatic N) is 1. The largest absolute Gasteiger partial charge is 0.383 e. The van der Waals surface area contributed by atoms with E-state index < -0.39 is 0 Å². The van der Waals surface area contributed by atoms with Crippen molar-refractivity contribution in [3.63, 3.8) is 0 Å². The van der Waals surface area contributed by atoms with Crippen molar-refractivity contribution in [1.82, 2.24) is 10.2 Å². The van der Waals surface area contributed by atoms with Gasteiger partial charge in [0, 0.05) is 37.8 Å². The summed E-state index contributed by atoms with van der Waals surface area (Å²) in [4.78, 5) is 2.58. The molecule has 1 heterocycles. The SMILES string of the molecule is COCC(C)(C)N1CC(Cc2ccccc2)NCC1C. The maximum Gasteiger partial charge on any atom is 0.0641 e. The lowest BCUT2D eigenvalue weighted by atomic mass is 9.95. The van der Waals surface area contributed by atoms with Gasteiger partial charge in [-0.05, 0) is 32.8 Å². The molecule has 1 aromatic carbocycles. The van der Waals surface area contributed by atoms with Crippen LogP contribution >= 0.6 is 0 Å². The average Bonchev–Trinajstić information content (AvgIpc) is 2.42. The highest BCUT2D eigenvalue weighted by molar-refractivity contribution is 5.16. The molecule has 0 radical (unpaired) electrons. The molecule has 0 aromatic heterocycles. The molecule has 0 aliphatic carbocycles. The molecule has 1 aliphatic heterocycles. The van der Waals surface area contributed by atoms with Crippen molar-refractivity contribution in [2.45, 2.75) is 44.8 Å². The van der Waals surface area contributed by atoms with Crippen LogP contribution in [0.15, 0.2) is 30.3 Å². The summed E-state index contributed by atoms with van der Waals surface area (Å²) in [7, 11) is 1.79. The molecule has 20 heavy (non-hydrogen) atoms. The number of piperazine rings is 1.